The van der Waals surface area contributed by atoms with Crippen LogP contribution in [-0.4, -0.2) is 29.7 Å². The predicted molar refractivity (Wildman–Crippen MR) is 102 cm³/mol. The Balaban J connectivity index is 1.37. The van der Waals surface area contributed by atoms with Gasteiger partial charge in [-0.05, 0) is 55.0 Å². The largest absolute Gasteiger partial charge is 0.497 e. The minimum atomic E-state index is 0.188. The minimum absolute atomic E-state index is 0.188. The smallest absolute Gasteiger partial charge is 0.246 e. The summed E-state index contributed by atoms with van der Waals surface area (Å²) in [5.74, 6) is 2.01. The van der Waals surface area contributed by atoms with Gasteiger partial charge in [0, 0.05) is 29.9 Å². The summed E-state index contributed by atoms with van der Waals surface area (Å²) in [5, 5.41) is 7.27. The van der Waals surface area contributed by atoms with E-state index in [2.05, 4.69) is 15.5 Å². The van der Waals surface area contributed by atoms with E-state index in [1.807, 2.05) is 53.4 Å². The molecule has 0 unspecified atom stereocenters. The number of nitrogens with one attached hydrogen (secondary N) is 1. The van der Waals surface area contributed by atoms with E-state index in [9.17, 15) is 4.79 Å². The van der Waals surface area contributed by atoms with Gasteiger partial charge in [0.2, 0.25) is 17.6 Å². The van der Waals surface area contributed by atoms with Crippen molar-refractivity contribution in [3.05, 3.63) is 54.4 Å². The molecule has 0 bridgehead atoms. The first-order chi connectivity index (χ1) is 13.2. The average molecular weight is 364 g/mol. The maximum Gasteiger partial charge on any atom is 0.246 e. The van der Waals surface area contributed by atoms with Crippen LogP contribution in [0.25, 0.3) is 11.4 Å². The molecule has 1 amide bonds. The van der Waals surface area contributed by atoms with Crippen LogP contribution >= 0.6 is 0 Å². The first-order valence-electron chi connectivity index (χ1n) is 8.84. The molecule has 4 rings (SSSR count). The molecule has 3 aromatic rings. The average Bonchev–Trinajstić information content (AvgIpc) is 3.36. The Bertz CT molecular complexity index is 919. The number of methoxy groups -OCH3 is 1. The number of nitrogens with zero attached hydrogens (tertiary/aromatic N) is 3. The molecule has 1 saturated heterocycles. The highest BCUT2D eigenvalue weighted by Gasteiger charge is 2.21. The van der Waals surface area contributed by atoms with E-state index in [-0.39, 0.29) is 5.91 Å². The molecule has 0 saturated carbocycles. The molecule has 1 aliphatic rings. The lowest BCUT2D eigenvalue weighted by Crippen LogP contribution is -2.23. The molecular formula is C20H20N4O3. The van der Waals surface area contributed by atoms with Gasteiger partial charge in [-0.2, -0.15) is 4.98 Å². The number of benzene rings is 2. The third-order valence-electron chi connectivity index (χ3n) is 4.51. The summed E-state index contributed by atoms with van der Waals surface area (Å²) in [5.41, 5.74) is 2.72. The molecule has 7 nitrogen and oxygen atoms in total. The fourth-order valence-electron chi connectivity index (χ4n) is 3.04. The number of carbonyl (C=O) groups is 1. The topological polar surface area (TPSA) is 80.5 Å². The summed E-state index contributed by atoms with van der Waals surface area (Å²) in [6, 6.07) is 15.3. The summed E-state index contributed by atoms with van der Waals surface area (Å²) in [6.45, 7) is 1.22. The van der Waals surface area contributed by atoms with E-state index >= 15 is 0 Å². The number of hydrogen-bond donors (Lipinski definition) is 1. The number of hydrogen-bond acceptors (Lipinski definition) is 6. The molecule has 7 heteroatoms. The highest BCUT2D eigenvalue weighted by molar-refractivity contribution is 5.95. The summed E-state index contributed by atoms with van der Waals surface area (Å²) in [6.07, 6.45) is 1.56. The number of amides is 1. The second kappa shape index (κ2) is 7.49. The van der Waals surface area contributed by atoms with Gasteiger partial charge in [-0.3, -0.25) is 4.79 Å². The highest BCUT2D eigenvalue weighted by Crippen LogP contribution is 2.24. The molecule has 1 aliphatic heterocycles. The molecule has 0 spiro atoms. The molecule has 1 N–H and O–H groups in total. The predicted octanol–water partition coefficient (Wildman–Crippen LogP) is 3.48. The van der Waals surface area contributed by atoms with Gasteiger partial charge in [0.05, 0.1) is 13.7 Å². The SMILES string of the molecule is COc1ccc(-c2noc(CNc3ccc(N4CCCC4=O)cc3)n2)cc1. The van der Waals surface area contributed by atoms with Crippen LogP contribution in [0.2, 0.25) is 0 Å². The quantitative estimate of drug-likeness (QED) is 0.721. The third kappa shape index (κ3) is 3.76. The second-order valence-electron chi connectivity index (χ2n) is 6.29. The fraction of sp³-hybridized carbons (Fsp3) is 0.250. The molecule has 27 heavy (non-hydrogen) atoms. The highest BCUT2D eigenvalue weighted by atomic mass is 16.5. The van der Waals surface area contributed by atoms with Crippen LogP contribution in [-0.2, 0) is 11.3 Å². The van der Waals surface area contributed by atoms with Gasteiger partial charge in [0.15, 0.2) is 0 Å². The van der Waals surface area contributed by atoms with Crippen LogP contribution in [0.4, 0.5) is 11.4 Å². The maximum atomic E-state index is 11.8. The van der Waals surface area contributed by atoms with Gasteiger partial charge >= 0.3 is 0 Å². The zero-order valence-electron chi connectivity index (χ0n) is 15.0. The van der Waals surface area contributed by atoms with Gasteiger partial charge in [-0.25, -0.2) is 0 Å². The molecule has 1 aromatic heterocycles. The number of anilines is 2. The van der Waals surface area contributed by atoms with Crippen molar-refractivity contribution < 1.29 is 14.1 Å². The van der Waals surface area contributed by atoms with E-state index in [0.29, 0.717) is 24.7 Å². The van der Waals surface area contributed by atoms with Crippen molar-refractivity contribution in [3.63, 3.8) is 0 Å². The van der Waals surface area contributed by atoms with E-state index in [1.165, 1.54) is 0 Å². The number of ether oxygens (including phenoxy) is 1. The minimum Gasteiger partial charge on any atom is -0.497 e. The van der Waals surface area contributed by atoms with E-state index < -0.39 is 0 Å². The third-order valence-corrected chi connectivity index (χ3v) is 4.51. The molecular weight excluding hydrogens is 344 g/mol. The van der Waals surface area contributed by atoms with E-state index in [1.54, 1.807) is 7.11 Å². The summed E-state index contributed by atoms with van der Waals surface area (Å²) < 4.78 is 10.5. The Kier molecular flexibility index (Phi) is 4.74. The van der Waals surface area contributed by atoms with Crippen LogP contribution in [0.1, 0.15) is 18.7 Å². The zero-order chi connectivity index (χ0) is 18.6. The van der Waals surface area contributed by atoms with Crippen molar-refractivity contribution in [2.24, 2.45) is 0 Å². The second-order valence-corrected chi connectivity index (χ2v) is 6.29. The maximum absolute atomic E-state index is 11.8. The Morgan fingerprint density at radius 1 is 1.15 bits per heavy atom. The number of carbonyl (C=O) groups excluding carboxylic acids is 1. The zero-order valence-corrected chi connectivity index (χ0v) is 15.0. The van der Waals surface area contributed by atoms with Crippen molar-refractivity contribution in [2.45, 2.75) is 19.4 Å². The van der Waals surface area contributed by atoms with Crippen LogP contribution in [0.15, 0.2) is 53.1 Å². The van der Waals surface area contributed by atoms with Crippen LogP contribution < -0.4 is 15.0 Å². The van der Waals surface area contributed by atoms with E-state index in [4.69, 9.17) is 9.26 Å². The Morgan fingerprint density at radius 2 is 1.93 bits per heavy atom. The van der Waals surface area contributed by atoms with Crippen LogP contribution in [0, 0.1) is 0 Å². The first-order valence-corrected chi connectivity index (χ1v) is 8.84. The van der Waals surface area contributed by atoms with Gasteiger partial charge in [0.25, 0.3) is 0 Å². The Hall–Kier alpha value is -3.35. The Morgan fingerprint density at radius 3 is 2.59 bits per heavy atom. The van der Waals surface area contributed by atoms with Crippen molar-refractivity contribution >= 4 is 17.3 Å². The summed E-state index contributed by atoms with van der Waals surface area (Å²) in [4.78, 5) is 18.0. The van der Waals surface area contributed by atoms with Gasteiger partial charge < -0.3 is 19.5 Å². The molecule has 2 aromatic carbocycles. The van der Waals surface area contributed by atoms with Crippen LogP contribution in [0.3, 0.4) is 0 Å². The van der Waals surface area contributed by atoms with Crippen LogP contribution in [0.5, 0.6) is 5.75 Å². The van der Waals surface area contributed by atoms with E-state index in [0.717, 1.165) is 35.7 Å². The van der Waals surface area contributed by atoms with Gasteiger partial charge in [0.1, 0.15) is 5.75 Å². The van der Waals surface area contributed by atoms with Crippen molar-refractivity contribution in [2.75, 3.05) is 23.9 Å². The van der Waals surface area contributed by atoms with Crippen molar-refractivity contribution in [1.29, 1.82) is 0 Å². The van der Waals surface area contributed by atoms with Gasteiger partial charge in [-0.1, -0.05) is 5.16 Å². The number of rotatable bonds is 6. The first kappa shape index (κ1) is 17.1. The monoisotopic (exact) mass is 364 g/mol. The molecule has 0 atom stereocenters. The molecule has 1 fully saturated rings. The lowest BCUT2D eigenvalue weighted by atomic mass is 10.2. The van der Waals surface area contributed by atoms with Gasteiger partial charge in [-0.15, -0.1) is 0 Å². The summed E-state index contributed by atoms with van der Waals surface area (Å²) >= 11 is 0. The molecule has 138 valence electrons. The molecule has 0 radical (unpaired) electrons. The lowest BCUT2D eigenvalue weighted by molar-refractivity contribution is -0.117. The fourth-order valence-corrected chi connectivity index (χ4v) is 3.04. The normalized spacial score (nSPS) is 13.8. The molecule has 0 aliphatic carbocycles. The number of aromatic nitrogens is 2. The lowest BCUT2D eigenvalue weighted by Gasteiger charge is -2.16. The standard InChI is InChI=1S/C20H20N4O3/c1-26-17-10-4-14(5-11-17)20-22-18(27-23-20)13-21-15-6-8-16(9-7-15)24-12-2-3-19(24)25/h4-11,21H,2-3,12-13H2,1H3. The van der Waals surface area contributed by atoms with Crippen molar-refractivity contribution in [1.82, 2.24) is 10.1 Å². The molecule has 2 heterocycles. The van der Waals surface area contributed by atoms with Crippen molar-refractivity contribution in [3.8, 4) is 17.1 Å². The summed E-state index contributed by atoms with van der Waals surface area (Å²) in [7, 11) is 1.63. The Labute approximate surface area is 156 Å².